The van der Waals surface area contributed by atoms with Crippen molar-refractivity contribution in [1.82, 2.24) is 10.4 Å². The van der Waals surface area contributed by atoms with Gasteiger partial charge in [0.2, 0.25) is 0 Å². The number of nitrogens with zero attached hydrogens (tertiary/aromatic N) is 2. The number of allylic oxidation sites excluding steroid dienone is 1. The molecule has 0 aliphatic carbocycles. The average molecular weight is 241 g/mol. The van der Waals surface area contributed by atoms with Crippen molar-refractivity contribution in [2.24, 2.45) is 4.99 Å². The largest absolute Gasteiger partial charge is 0.492 e. The van der Waals surface area contributed by atoms with E-state index in [1.54, 1.807) is 33.8 Å². The third-order valence-corrected chi connectivity index (χ3v) is 1.57. The molecule has 6 nitrogen and oxygen atoms in total. The van der Waals surface area contributed by atoms with Crippen molar-refractivity contribution < 1.29 is 14.3 Å². The Balaban J connectivity index is 4.25. The molecule has 0 fully saturated rings. The van der Waals surface area contributed by atoms with Crippen LogP contribution in [0.2, 0.25) is 0 Å². The standard InChI is InChI=1S/C11H19N3O3/c1-5-7-17-8-10(15)13-14(6-2)11(16)12-9(3)4/h5,7H,6,8H2,1-4H3,(H,13,15). The summed E-state index contributed by atoms with van der Waals surface area (Å²) in [7, 11) is 0. The van der Waals surface area contributed by atoms with Crippen LogP contribution in [0.25, 0.3) is 0 Å². The van der Waals surface area contributed by atoms with Crippen LogP contribution in [0.5, 0.6) is 0 Å². The second kappa shape index (κ2) is 8.32. The van der Waals surface area contributed by atoms with E-state index in [2.05, 4.69) is 10.4 Å². The molecule has 0 unspecified atom stereocenters. The van der Waals surface area contributed by atoms with Gasteiger partial charge in [-0.1, -0.05) is 6.08 Å². The van der Waals surface area contributed by atoms with Gasteiger partial charge < -0.3 is 4.74 Å². The Morgan fingerprint density at radius 1 is 1.41 bits per heavy atom. The molecule has 96 valence electrons. The van der Waals surface area contributed by atoms with Crippen LogP contribution in [0.15, 0.2) is 17.3 Å². The molecule has 0 saturated heterocycles. The highest BCUT2D eigenvalue weighted by Crippen LogP contribution is 1.91. The molecule has 0 aromatic rings. The molecular weight excluding hydrogens is 222 g/mol. The molecule has 0 rings (SSSR count). The van der Waals surface area contributed by atoms with Crippen LogP contribution in [0, 0.1) is 0 Å². The van der Waals surface area contributed by atoms with Crippen LogP contribution in [-0.2, 0) is 9.53 Å². The number of aliphatic imine (C=N–C) groups is 1. The van der Waals surface area contributed by atoms with Crippen molar-refractivity contribution in [3.8, 4) is 0 Å². The van der Waals surface area contributed by atoms with E-state index in [-0.39, 0.29) is 6.61 Å². The molecule has 0 saturated carbocycles. The minimum Gasteiger partial charge on any atom is -0.492 e. The lowest BCUT2D eigenvalue weighted by Crippen LogP contribution is -2.46. The Hall–Kier alpha value is -1.85. The number of hydrazine groups is 1. The summed E-state index contributed by atoms with van der Waals surface area (Å²) in [6.07, 6.45) is 3.08. The van der Waals surface area contributed by atoms with Gasteiger partial charge in [0.15, 0.2) is 6.61 Å². The van der Waals surface area contributed by atoms with Gasteiger partial charge in [0, 0.05) is 12.3 Å². The molecule has 0 aliphatic rings. The normalized spacial score (nSPS) is 9.88. The fourth-order valence-corrected chi connectivity index (χ4v) is 0.917. The summed E-state index contributed by atoms with van der Waals surface area (Å²) >= 11 is 0. The maximum Gasteiger partial charge on any atom is 0.362 e. The van der Waals surface area contributed by atoms with Gasteiger partial charge >= 0.3 is 6.03 Å². The molecule has 0 aliphatic heterocycles. The van der Waals surface area contributed by atoms with Crippen molar-refractivity contribution in [3.05, 3.63) is 12.3 Å². The summed E-state index contributed by atoms with van der Waals surface area (Å²) in [6, 6.07) is -0.494. The highest BCUT2D eigenvalue weighted by molar-refractivity contribution is 5.93. The fourth-order valence-electron chi connectivity index (χ4n) is 0.917. The smallest absolute Gasteiger partial charge is 0.362 e. The van der Waals surface area contributed by atoms with E-state index in [9.17, 15) is 9.59 Å². The van der Waals surface area contributed by atoms with Gasteiger partial charge in [-0.15, -0.1) is 0 Å². The molecular formula is C11H19N3O3. The number of amides is 3. The molecule has 0 radical (unpaired) electrons. The lowest BCUT2D eigenvalue weighted by molar-refractivity contribution is -0.127. The van der Waals surface area contributed by atoms with Crippen LogP contribution in [0.4, 0.5) is 4.79 Å². The lowest BCUT2D eigenvalue weighted by Gasteiger charge is -2.19. The molecule has 0 bridgehead atoms. The van der Waals surface area contributed by atoms with Crippen LogP contribution in [0.3, 0.4) is 0 Å². The number of hydrogen-bond acceptors (Lipinski definition) is 3. The van der Waals surface area contributed by atoms with Crippen molar-refractivity contribution in [3.63, 3.8) is 0 Å². The molecule has 0 spiro atoms. The summed E-state index contributed by atoms with van der Waals surface area (Å²) in [6.45, 7) is 7.14. The number of rotatable bonds is 4. The SMILES string of the molecule is CC=COCC(=O)NN(CC)C(=O)N=C(C)C. The second-order valence-corrected chi connectivity index (χ2v) is 3.40. The molecule has 0 atom stereocenters. The number of hydrogen-bond donors (Lipinski definition) is 1. The van der Waals surface area contributed by atoms with E-state index in [1.165, 1.54) is 6.26 Å². The minimum atomic E-state index is -0.494. The van der Waals surface area contributed by atoms with E-state index in [4.69, 9.17) is 4.74 Å². The van der Waals surface area contributed by atoms with Gasteiger partial charge in [-0.3, -0.25) is 10.2 Å². The Morgan fingerprint density at radius 2 is 2.06 bits per heavy atom. The van der Waals surface area contributed by atoms with E-state index in [0.717, 1.165) is 5.01 Å². The highest BCUT2D eigenvalue weighted by Gasteiger charge is 2.13. The maximum absolute atomic E-state index is 11.5. The van der Waals surface area contributed by atoms with Gasteiger partial charge in [0.05, 0.1) is 6.26 Å². The summed E-state index contributed by atoms with van der Waals surface area (Å²) < 4.78 is 4.88. The predicted molar refractivity (Wildman–Crippen MR) is 65.5 cm³/mol. The van der Waals surface area contributed by atoms with Crippen LogP contribution in [0.1, 0.15) is 27.7 Å². The first-order valence-electron chi connectivity index (χ1n) is 5.36. The zero-order chi connectivity index (χ0) is 13.3. The first-order chi connectivity index (χ1) is 8.01. The number of urea groups is 1. The molecule has 0 aromatic heterocycles. The molecule has 3 amide bonds. The lowest BCUT2D eigenvalue weighted by atomic mass is 10.5. The number of carbonyl (C=O) groups is 2. The number of ether oxygens (including phenoxy) is 1. The fraction of sp³-hybridized carbons (Fsp3) is 0.545. The van der Waals surface area contributed by atoms with Crippen molar-refractivity contribution in [1.29, 1.82) is 0 Å². The molecule has 17 heavy (non-hydrogen) atoms. The summed E-state index contributed by atoms with van der Waals surface area (Å²) in [5.41, 5.74) is 3.04. The predicted octanol–water partition coefficient (Wildman–Crippen LogP) is 1.49. The van der Waals surface area contributed by atoms with Crippen LogP contribution in [-0.4, -0.2) is 35.8 Å². The zero-order valence-corrected chi connectivity index (χ0v) is 10.7. The van der Waals surface area contributed by atoms with Crippen molar-refractivity contribution in [2.75, 3.05) is 13.2 Å². The average Bonchev–Trinajstić information content (AvgIpc) is 2.25. The maximum atomic E-state index is 11.5. The van der Waals surface area contributed by atoms with Gasteiger partial charge in [-0.25, -0.2) is 14.8 Å². The van der Waals surface area contributed by atoms with Crippen molar-refractivity contribution in [2.45, 2.75) is 27.7 Å². The Kier molecular flexibility index (Phi) is 7.41. The second-order valence-electron chi connectivity index (χ2n) is 3.40. The van der Waals surface area contributed by atoms with E-state index in [0.29, 0.717) is 12.3 Å². The van der Waals surface area contributed by atoms with Crippen LogP contribution < -0.4 is 5.43 Å². The number of nitrogens with one attached hydrogen (secondary N) is 1. The summed E-state index contributed by atoms with van der Waals surface area (Å²) in [5.74, 6) is -0.401. The minimum absolute atomic E-state index is 0.136. The zero-order valence-electron chi connectivity index (χ0n) is 10.7. The van der Waals surface area contributed by atoms with E-state index >= 15 is 0 Å². The molecule has 6 heteroatoms. The monoisotopic (exact) mass is 241 g/mol. The van der Waals surface area contributed by atoms with Gasteiger partial charge in [-0.05, 0) is 27.7 Å². The van der Waals surface area contributed by atoms with Crippen molar-refractivity contribution >= 4 is 17.6 Å². The number of carbonyl (C=O) groups excluding carboxylic acids is 2. The quantitative estimate of drug-likeness (QED) is 0.460. The van der Waals surface area contributed by atoms with Gasteiger partial charge in [0.1, 0.15) is 0 Å². The Labute approximate surface area is 101 Å². The molecule has 1 N–H and O–H groups in total. The van der Waals surface area contributed by atoms with E-state index in [1.807, 2.05) is 0 Å². The van der Waals surface area contributed by atoms with E-state index < -0.39 is 11.9 Å². The summed E-state index contributed by atoms with van der Waals surface area (Å²) in [5, 5.41) is 1.13. The van der Waals surface area contributed by atoms with Gasteiger partial charge in [0.25, 0.3) is 5.91 Å². The first-order valence-corrected chi connectivity index (χ1v) is 5.36. The summed E-state index contributed by atoms with van der Waals surface area (Å²) in [4.78, 5) is 26.6. The highest BCUT2D eigenvalue weighted by atomic mass is 16.5. The third-order valence-electron chi connectivity index (χ3n) is 1.57. The first kappa shape index (κ1) is 15.2. The van der Waals surface area contributed by atoms with Crippen LogP contribution >= 0.6 is 0 Å². The molecule has 0 heterocycles. The Bertz CT molecular complexity index is 320. The third kappa shape index (κ3) is 7.10. The molecule has 0 aromatic carbocycles. The van der Waals surface area contributed by atoms with Gasteiger partial charge in [-0.2, -0.15) is 0 Å². The topological polar surface area (TPSA) is 71.0 Å². The Morgan fingerprint density at radius 3 is 2.53 bits per heavy atom.